The van der Waals surface area contributed by atoms with E-state index in [9.17, 15) is 10.1 Å². The van der Waals surface area contributed by atoms with Crippen LogP contribution in [0.25, 0.3) is 17.1 Å². The van der Waals surface area contributed by atoms with Crippen LogP contribution in [0.3, 0.4) is 0 Å². The fourth-order valence-electron chi connectivity index (χ4n) is 2.54. The molecule has 1 aliphatic heterocycles. The van der Waals surface area contributed by atoms with E-state index in [1.54, 1.807) is 35.2 Å². The van der Waals surface area contributed by atoms with Gasteiger partial charge < -0.3 is 0 Å². The molecule has 0 bridgehead atoms. The molecule has 0 amide bonds. The lowest BCUT2D eigenvalue weighted by atomic mass is 10.1. The number of nitrogens with one attached hydrogen (secondary N) is 1. The molecule has 9 heteroatoms. The van der Waals surface area contributed by atoms with Crippen LogP contribution in [0, 0.1) is 10.1 Å². The molecule has 1 aliphatic rings. The van der Waals surface area contributed by atoms with Crippen LogP contribution in [0.1, 0.15) is 5.56 Å². The number of aliphatic imine (C=N–C) groups is 1. The molecule has 0 radical (unpaired) electrons. The molecule has 128 valence electrons. The first kappa shape index (κ1) is 16.0. The fourth-order valence-corrected chi connectivity index (χ4v) is 2.76. The number of fused-ring (bicyclic) bond motifs is 1. The smallest absolute Gasteiger partial charge is 0.270 e. The molecule has 0 spiro atoms. The highest BCUT2D eigenvalue weighted by molar-refractivity contribution is 6.33. The second-order valence-corrected chi connectivity index (χ2v) is 5.82. The first-order valence-corrected chi connectivity index (χ1v) is 7.98. The van der Waals surface area contributed by atoms with Gasteiger partial charge in [0.15, 0.2) is 5.82 Å². The van der Waals surface area contributed by atoms with Gasteiger partial charge in [0, 0.05) is 23.9 Å². The number of nitrogens with zero attached hydrogens (tertiary/aromatic N) is 5. The standard InChI is InChI=1S/C17H11ClN6O2/c18-14-4-2-1-3-13(14)16-20-21-17-19-10-9-15(22-23(16)17)11-5-7-12(8-6-11)24(25)26/h1-10,22H. The zero-order chi connectivity index (χ0) is 18.1. The summed E-state index contributed by atoms with van der Waals surface area (Å²) in [6, 6.07) is 13.5. The third-order valence-electron chi connectivity index (χ3n) is 3.81. The zero-order valence-electron chi connectivity index (χ0n) is 13.2. The summed E-state index contributed by atoms with van der Waals surface area (Å²) in [5, 5.41) is 19.6. The van der Waals surface area contributed by atoms with E-state index in [2.05, 4.69) is 20.6 Å². The molecule has 1 N–H and O–H groups in total. The van der Waals surface area contributed by atoms with Crippen LogP contribution in [0.4, 0.5) is 11.6 Å². The molecule has 0 saturated heterocycles. The molecule has 0 unspecified atom stereocenters. The summed E-state index contributed by atoms with van der Waals surface area (Å²) >= 11 is 6.27. The van der Waals surface area contributed by atoms with Crippen molar-refractivity contribution in [2.24, 2.45) is 4.99 Å². The predicted octanol–water partition coefficient (Wildman–Crippen LogP) is 3.81. The predicted molar refractivity (Wildman–Crippen MR) is 99.1 cm³/mol. The second kappa shape index (κ2) is 6.41. The number of aromatic nitrogens is 3. The van der Waals surface area contributed by atoms with Crippen molar-refractivity contribution in [2.75, 3.05) is 5.43 Å². The number of nitro groups is 1. The Hall–Kier alpha value is -3.52. The summed E-state index contributed by atoms with van der Waals surface area (Å²) in [7, 11) is 0. The molecular weight excluding hydrogens is 356 g/mol. The Kier molecular flexibility index (Phi) is 3.94. The number of nitro benzene ring substituents is 1. The van der Waals surface area contributed by atoms with Crippen LogP contribution in [0.15, 0.2) is 59.6 Å². The molecule has 26 heavy (non-hydrogen) atoms. The van der Waals surface area contributed by atoms with Gasteiger partial charge in [0.2, 0.25) is 0 Å². The lowest BCUT2D eigenvalue weighted by molar-refractivity contribution is -0.384. The zero-order valence-corrected chi connectivity index (χ0v) is 14.0. The van der Waals surface area contributed by atoms with Crippen molar-refractivity contribution in [3.63, 3.8) is 0 Å². The van der Waals surface area contributed by atoms with Crippen molar-refractivity contribution < 1.29 is 4.92 Å². The average Bonchev–Trinajstić information content (AvgIpc) is 2.91. The van der Waals surface area contributed by atoms with Gasteiger partial charge in [-0.1, -0.05) is 23.7 Å². The van der Waals surface area contributed by atoms with Crippen LogP contribution in [0.5, 0.6) is 0 Å². The molecule has 0 saturated carbocycles. The highest BCUT2D eigenvalue weighted by atomic mass is 35.5. The van der Waals surface area contributed by atoms with Gasteiger partial charge in [0.05, 0.1) is 15.6 Å². The summed E-state index contributed by atoms with van der Waals surface area (Å²) in [4.78, 5) is 14.6. The first-order valence-electron chi connectivity index (χ1n) is 7.60. The normalized spacial score (nSPS) is 12.7. The largest absolute Gasteiger partial charge is 0.289 e. The number of rotatable bonds is 3. The van der Waals surface area contributed by atoms with Crippen LogP contribution in [-0.2, 0) is 0 Å². The minimum atomic E-state index is -0.437. The number of halogens is 1. The summed E-state index contributed by atoms with van der Waals surface area (Å²) in [5.41, 5.74) is 5.38. The molecule has 0 aliphatic carbocycles. The van der Waals surface area contributed by atoms with Gasteiger partial charge in [-0.2, -0.15) is 4.68 Å². The van der Waals surface area contributed by atoms with E-state index < -0.39 is 4.92 Å². The third-order valence-corrected chi connectivity index (χ3v) is 4.14. The van der Waals surface area contributed by atoms with Gasteiger partial charge in [-0.3, -0.25) is 15.5 Å². The summed E-state index contributed by atoms with van der Waals surface area (Å²) in [6.07, 6.45) is 3.35. The lowest BCUT2D eigenvalue weighted by Gasteiger charge is -2.13. The molecule has 0 fully saturated rings. The van der Waals surface area contributed by atoms with Crippen molar-refractivity contribution in [2.45, 2.75) is 0 Å². The van der Waals surface area contributed by atoms with Gasteiger partial charge in [-0.25, -0.2) is 4.99 Å². The Bertz CT molecular complexity index is 1060. The minimum Gasteiger partial charge on any atom is -0.289 e. The Morgan fingerprint density at radius 2 is 1.85 bits per heavy atom. The van der Waals surface area contributed by atoms with Gasteiger partial charge >= 0.3 is 0 Å². The number of non-ortho nitro benzene ring substituents is 1. The van der Waals surface area contributed by atoms with E-state index in [0.717, 1.165) is 5.56 Å². The first-order chi connectivity index (χ1) is 12.6. The van der Waals surface area contributed by atoms with E-state index in [1.165, 1.54) is 12.1 Å². The summed E-state index contributed by atoms with van der Waals surface area (Å²) in [6.45, 7) is 0. The number of benzene rings is 2. The van der Waals surface area contributed by atoms with Crippen LogP contribution >= 0.6 is 11.6 Å². The van der Waals surface area contributed by atoms with Crippen LogP contribution in [0.2, 0.25) is 5.02 Å². The van der Waals surface area contributed by atoms with Gasteiger partial charge in [-0.05, 0) is 35.9 Å². The van der Waals surface area contributed by atoms with E-state index in [-0.39, 0.29) is 5.69 Å². The summed E-state index contributed by atoms with van der Waals surface area (Å²) < 4.78 is 1.62. The van der Waals surface area contributed by atoms with E-state index >= 15 is 0 Å². The van der Waals surface area contributed by atoms with Crippen molar-refractivity contribution >= 4 is 35.1 Å². The lowest BCUT2D eigenvalue weighted by Crippen LogP contribution is -2.14. The number of hydrogen-bond donors (Lipinski definition) is 1. The Morgan fingerprint density at radius 3 is 2.58 bits per heavy atom. The monoisotopic (exact) mass is 366 g/mol. The number of allylic oxidation sites excluding steroid dienone is 1. The molecule has 2 heterocycles. The topological polar surface area (TPSA) is 98.2 Å². The van der Waals surface area contributed by atoms with Crippen LogP contribution < -0.4 is 5.43 Å². The minimum absolute atomic E-state index is 0.0263. The van der Waals surface area contributed by atoms with E-state index in [0.29, 0.717) is 28.1 Å². The van der Waals surface area contributed by atoms with Gasteiger partial charge in [-0.15, -0.1) is 10.2 Å². The highest BCUT2D eigenvalue weighted by Crippen LogP contribution is 2.29. The molecule has 4 rings (SSSR count). The maximum absolute atomic E-state index is 10.8. The maximum Gasteiger partial charge on any atom is 0.270 e. The van der Waals surface area contributed by atoms with E-state index in [1.807, 2.05) is 18.2 Å². The highest BCUT2D eigenvalue weighted by Gasteiger charge is 2.18. The van der Waals surface area contributed by atoms with Crippen LogP contribution in [-0.4, -0.2) is 26.0 Å². The van der Waals surface area contributed by atoms with E-state index in [4.69, 9.17) is 11.6 Å². The molecule has 1 aromatic heterocycles. The van der Waals surface area contributed by atoms with Crippen molar-refractivity contribution in [1.29, 1.82) is 0 Å². The second-order valence-electron chi connectivity index (χ2n) is 5.41. The SMILES string of the molecule is O=[N+]([O-])c1ccc(C2=CC=Nc3nnc(-c4ccccc4Cl)n3N2)cc1. The van der Waals surface area contributed by atoms with Crippen molar-refractivity contribution in [3.8, 4) is 11.4 Å². The number of hydrogen-bond acceptors (Lipinski definition) is 6. The Labute approximate surface area is 152 Å². The van der Waals surface area contributed by atoms with Crippen molar-refractivity contribution in [1.82, 2.24) is 14.9 Å². The third kappa shape index (κ3) is 2.82. The Balaban J connectivity index is 1.73. The Morgan fingerprint density at radius 1 is 1.08 bits per heavy atom. The molecule has 2 aromatic carbocycles. The van der Waals surface area contributed by atoms with Gasteiger partial charge in [0.25, 0.3) is 11.6 Å². The fraction of sp³-hybridized carbons (Fsp3) is 0. The maximum atomic E-state index is 10.8. The van der Waals surface area contributed by atoms with Crippen molar-refractivity contribution in [3.05, 3.63) is 75.3 Å². The average molecular weight is 367 g/mol. The molecule has 0 atom stereocenters. The molecular formula is C17H11ClN6O2. The quantitative estimate of drug-likeness (QED) is 0.561. The van der Waals surface area contributed by atoms with Gasteiger partial charge in [0.1, 0.15) is 0 Å². The summed E-state index contributed by atoms with van der Waals surface area (Å²) in [5.74, 6) is 0.880. The molecule has 3 aromatic rings. The molecule has 8 nitrogen and oxygen atoms in total.